The van der Waals surface area contributed by atoms with Crippen LogP contribution in [-0.4, -0.2) is 40.9 Å². The van der Waals surface area contributed by atoms with Crippen molar-refractivity contribution in [3.8, 4) is 0 Å². The lowest BCUT2D eigenvalue weighted by Gasteiger charge is -2.35. The number of alkyl halides is 3. The summed E-state index contributed by atoms with van der Waals surface area (Å²) < 4.78 is 39.2. The number of hydrogen-bond donors (Lipinski definition) is 0. The minimum absolute atomic E-state index is 0.0296. The predicted molar refractivity (Wildman–Crippen MR) is 108 cm³/mol. The van der Waals surface area contributed by atoms with E-state index in [9.17, 15) is 18.0 Å². The third-order valence-corrected chi connectivity index (χ3v) is 6.64. The Hall–Kier alpha value is -2.40. The fraction of sp³-hybridized carbons (Fsp3) is 0.389. The maximum Gasteiger partial charge on any atom is 0.425 e. The van der Waals surface area contributed by atoms with Crippen molar-refractivity contribution in [1.29, 1.82) is 0 Å². The number of piperazine rings is 1. The molecule has 0 spiro atoms. The minimum Gasteiger partial charge on any atom is -0.367 e. The molecule has 1 aliphatic heterocycles. The third-order valence-electron chi connectivity index (χ3n) is 4.68. The van der Waals surface area contributed by atoms with Crippen LogP contribution in [-0.2, 0) is 12.7 Å². The van der Waals surface area contributed by atoms with Crippen molar-refractivity contribution in [2.75, 3.05) is 36.0 Å². The zero-order valence-electron chi connectivity index (χ0n) is 15.5. The van der Waals surface area contributed by atoms with Gasteiger partial charge >= 0.3 is 11.9 Å². The molecule has 0 bridgehead atoms. The van der Waals surface area contributed by atoms with Gasteiger partial charge in [0, 0.05) is 47.0 Å². The number of rotatable bonds is 4. The quantitative estimate of drug-likeness (QED) is 0.621. The fourth-order valence-corrected chi connectivity index (χ4v) is 4.74. The predicted octanol–water partition coefficient (Wildman–Crippen LogP) is 3.46. The van der Waals surface area contributed by atoms with Gasteiger partial charge in [-0.05, 0) is 25.1 Å². The van der Waals surface area contributed by atoms with Crippen LogP contribution in [0.15, 0.2) is 34.6 Å². The van der Waals surface area contributed by atoms with Crippen molar-refractivity contribution in [2.24, 2.45) is 0 Å². The highest BCUT2D eigenvalue weighted by Crippen LogP contribution is 2.34. The summed E-state index contributed by atoms with van der Waals surface area (Å²) in [5, 5.41) is 6.25. The maximum atomic E-state index is 12.7. The van der Waals surface area contributed by atoms with E-state index in [0.717, 1.165) is 23.8 Å². The van der Waals surface area contributed by atoms with Crippen LogP contribution in [0.3, 0.4) is 0 Å². The Bertz CT molecular complexity index is 1050. The summed E-state index contributed by atoms with van der Waals surface area (Å²) >= 11 is 2.33. The molecule has 6 nitrogen and oxygen atoms in total. The molecule has 1 fully saturated rings. The standard InChI is InChI=1S/C18H18F3N5OS2/c1-12-8-13(11-28-12)24-4-6-25(7-5-24)16-9-22-26(17(27)23-16)10-14-2-3-15(29-14)18(19,20)21/h2-3,8-9,11H,4-7,10H2,1H3. The summed E-state index contributed by atoms with van der Waals surface area (Å²) in [5.41, 5.74) is 0.642. The van der Waals surface area contributed by atoms with Gasteiger partial charge in [0.05, 0.1) is 12.7 Å². The van der Waals surface area contributed by atoms with Gasteiger partial charge in [-0.3, -0.25) is 0 Å². The van der Waals surface area contributed by atoms with Crippen molar-refractivity contribution in [3.63, 3.8) is 0 Å². The van der Waals surface area contributed by atoms with Gasteiger partial charge in [-0.2, -0.15) is 23.3 Å². The van der Waals surface area contributed by atoms with E-state index >= 15 is 0 Å². The molecule has 154 valence electrons. The lowest BCUT2D eigenvalue weighted by molar-refractivity contribution is -0.134. The zero-order valence-corrected chi connectivity index (χ0v) is 17.1. The zero-order chi connectivity index (χ0) is 20.6. The van der Waals surface area contributed by atoms with Crippen LogP contribution in [0.2, 0.25) is 0 Å². The summed E-state index contributed by atoms with van der Waals surface area (Å²) in [6.45, 7) is 5.11. The SMILES string of the molecule is Cc1cc(N2CCN(c3cnn(Cc4ccc(C(F)(F)F)s4)c(=O)n3)CC2)cs1. The summed E-state index contributed by atoms with van der Waals surface area (Å²) in [4.78, 5) is 21.7. The molecule has 4 heterocycles. The fourth-order valence-electron chi connectivity index (χ4n) is 3.17. The summed E-state index contributed by atoms with van der Waals surface area (Å²) in [6, 6.07) is 4.54. The van der Waals surface area contributed by atoms with Crippen LogP contribution in [0, 0.1) is 6.92 Å². The summed E-state index contributed by atoms with van der Waals surface area (Å²) in [7, 11) is 0. The van der Waals surface area contributed by atoms with Gasteiger partial charge in [-0.25, -0.2) is 9.48 Å². The molecule has 0 unspecified atom stereocenters. The molecule has 4 rings (SSSR count). The largest absolute Gasteiger partial charge is 0.425 e. The lowest BCUT2D eigenvalue weighted by atomic mass is 10.3. The summed E-state index contributed by atoms with van der Waals surface area (Å²) in [6.07, 6.45) is -2.88. The molecule has 0 aliphatic carbocycles. The number of anilines is 2. The molecule has 3 aromatic heterocycles. The molecule has 0 aromatic carbocycles. The van der Waals surface area contributed by atoms with Gasteiger partial charge in [-0.15, -0.1) is 22.7 Å². The second kappa shape index (κ2) is 7.79. The van der Waals surface area contributed by atoms with E-state index in [1.807, 2.05) is 4.90 Å². The van der Waals surface area contributed by atoms with Crippen molar-refractivity contribution < 1.29 is 13.2 Å². The van der Waals surface area contributed by atoms with E-state index in [0.29, 0.717) is 35.1 Å². The number of thiophene rings is 2. The van der Waals surface area contributed by atoms with Gasteiger partial charge < -0.3 is 9.80 Å². The number of hydrogen-bond acceptors (Lipinski definition) is 7. The first-order valence-corrected chi connectivity index (χ1v) is 10.6. The van der Waals surface area contributed by atoms with Crippen LogP contribution in [0.1, 0.15) is 14.6 Å². The van der Waals surface area contributed by atoms with E-state index in [1.165, 1.54) is 22.8 Å². The minimum atomic E-state index is -4.38. The first kappa shape index (κ1) is 19.9. The Labute approximate surface area is 172 Å². The molecule has 11 heteroatoms. The molecule has 3 aromatic rings. The normalized spacial score (nSPS) is 15.2. The highest BCUT2D eigenvalue weighted by molar-refractivity contribution is 7.12. The second-order valence-electron chi connectivity index (χ2n) is 6.71. The van der Waals surface area contributed by atoms with E-state index in [4.69, 9.17) is 0 Å². The molecular weight excluding hydrogens is 423 g/mol. The van der Waals surface area contributed by atoms with Crippen molar-refractivity contribution in [3.05, 3.63) is 54.9 Å². The average Bonchev–Trinajstić information content (AvgIpc) is 3.32. The second-order valence-corrected chi connectivity index (χ2v) is 8.99. The molecule has 0 saturated carbocycles. The highest BCUT2D eigenvalue weighted by Gasteiger charge is 2.32. The van der Waals surface area contributed by atoms with Crippen LogP contribution in [0.4, 0.5) is 24.7 Å². The van der Waals surface area contributed by atoms with Crippen LogP contribution < -0.4 is 15.5 Å². The Morgan fingerprint density at radius 1 is 1.14 bits per heavy atom. The Balaban J connectivity index is 1.41. The molecule has 0 amide bonds. The molecular formula is C18H18F3N5OS2. The van der Waals surface area contributed by atoms with Gasteiger partial charge in [0.1, 0.15) is 4.88 Å². The number of aromatic nitrogens is 3. The van der Waals surface area contributed by atoms with E-state index < -0.39 is 16.7 Å². The third kappa shape index (κ3) is 4.45. The molecule has 0 atom stereocenters. The Kier molecular flexibility index (Phi) is 5.34. The molecule has 1 saturated heterocycles. The van der Waals surface area contributed by atoms with Crippen molar-refractivity contribution >= 4 is 34.2 Å². The van der Waals surface area contributed by atoms with Gasteiger partial charge in [0.15, 0.2) is 5.82 Å². The lowest BCUT2D eigenvalue weighted by Crippen LogP contribution is -2.47. The van der Waals surface area contributed by atoms with Gasteiger partial charge in [-0.1, -0.05) is 0 Å². The van der Waals surface area contributed by atoms with Crippen molar-refractivity contribution in [1.82, 2.24) is 14.8 Å². The smallest absolute Gasteiger partial charge is 0.367 e. The number of nitrogens with zero attached hydrogens (tertiary/aromatic N) is 5. The van der Waals surface area contributed by atoms with Crippen LogP contribution in [0.25, 0.3) is 0 Å². The first-order valence-electron chi connectivity index (χ1n) is 8.95. The van der Waals surface area contributed by atoms with Gasteiger partial charge in [0.2, 0.25) is 0 Å². The highest BCUT2D eigenvalue weighted by atomic mass is 32.1. The molecule has 0 N–H and O–H groups in total. The Morgan fingerprint density at radius 3 is 2.45 bits per heavy atom. The van der Waals surface area contributed by atoms with Crippen LogP contribution in [0.5, 0.6) is 0 Å². The van der Waals surface area contributed by atoms with Crippen molar-refractivity contribution in [2.45, 2.75) is 19.6 Å². The van der Waals surface area contributed by atoms with Crippen LogP contribution >= 0.6 is 22.7 Å². The maximum absolute atomic E-state index is 12.7. The number of halogens is 3. The van der Waals surface area contributed by atoms with E-state index in [-0.39, 0.29) is 6.54 Å². The Morgan fingerprint density at radius 2 is 1.86 bits per heavy atom. The van der Waals surface area contributed by atoms with E-state index in [1.54, 1.807) is 11.3 Å². The topological polar surface area (TPSA) is 54.3 Å². The van der Waals surface area contributed by atoms with E-state index in [2.05, 4.69) is 33.4 Å². The monoisotopic (exact) mass is 441 g/mol. The number of aryl methyl sites for hydroxylation is 1. The molecule has 0 radical (unpaired) electrons. The molecule has 1 aliphatic rings. The average molecular weight is 442 g/mol. The molecule has 29 heavy (non-hydrogen) atoms. The first-order chi connectivity index (χ1) is 13.8. The van der Waals surface area contributed by atoms with Gasteiger partial charge in [0.25, 0.3) is 0 Å². The summed E-state index contributed by atoms with van der Waals surface area (Å²) in [5.74, 6) is 0.495.